The fourth-order valence-electron chi connectivity index (χ4n) is 2.13. The quantitative estimate of drug-likeness (QED) is 0.888. The SMILES string of the molecule is CCN(Cc1ccccn1)Cc1ccc(F)cc1C(=O)O. The van der Waals surface area contributed by atoms with Gasteiger partial charge in [-0.05, 0) is 36.4 Å². The molecular weight excluding hydrogens is 271 g/mol. The largest absolute Gasteiger partial charge is 0.478 e. The van der Waals surface area contributed by atoms with E-state index in [9.17, 15) is 9.18 Å². The molecule has 2 rings (SSSR count). The zero-order chi connectivity index (χ0) is 15.2. The Balaban J connectivity index is 2.17. The molecule has 0 saturated carbocycles. The highest BCUT2D eigenvalue weighted by molar-refractivity contribution is 5.89. The number of carbonyl (C=O) groups is 1. The first-order chi connectivity index (χ1) is 10.1. The lowest BCUT2D eigenvalue weighted by Gasteiger charge is -2.21. The van der Waals surface area contributed by atoms with Crippen LogP contribution in [0.5, 0.6) is 0 Å². The Kier molecular flexibility index (Phi) is 5.00. The molecule has 4 nitrogen and oxygen atoms in total. The van der Waals surface area contributed by atoms with Gasteiger partial charge < -0.3 is 5.11 Å². The van der Waals surface area contributed by atoms with Crippen LogP contribution in [0.1, 0.15) is 28.5 Å². The number of benzene rings is 1. The van der Waals surface area contributed by atoms with Crippen molar-refractivity contribution in [2.75, 3.05) is 6.54 Å². The number of pyridine rings is 1. The summed E-state index contributed by atoms with van der Waals surface area (Å²) in [6.45, 7) is 3.79. The molecule has 2 aromatic rings. The first-order valence-corrected chi connectivity index (χ1v) is 6.74. The molecule has 1 aromatic heterocycles. The van der Waals surface area contributed by atoms with Crippen LogP contribution in [0.15, 0.2) is 42.6 Å². The molecule has 0 saturated heterocycles. The molecule has 1 N–H and O–H groups in total. The molecule has 0 aliphatic carbocycles. The van der Waals surface area contributed by atoms with Gasteiger partial charge in [-0.2, -0.15) is 0 Å². The highest BCUT2D eigenvalue weighted by atomic mass is 19.1. The molecule has 0 aliphatic heterocycles. The van der Waals surface area contributed by atoms with E-state index in [0.29, 0.717) is 18.7 Å². The molecule has 0 radical (unpaired) electrons. The summed E-state index contributed by atoms with van der Waals surface area (Å²) in [5.41, 5.74) is 1.52. The monoisotopic (exact) mass is 288 g/mol. The Labute approximate surface area is 122 Å². The smallest absolute Gasteiger partial charge is 0.336 e. The molecule has 1 heterocycles. The molecule has 5 heteroatoms. The molecule has 21 heavy (non-hydrogen) atoms. The summed E-state index contributed by atoms with van der Waals surface area (Å²) in [6, 6.07) is 9.56. The van der Waals surface area contributed by atoms with Crippen molar-refractivity contribution in [2.24, 2.45) is 0 Å². The van der Waals surface area contributed by atoms with Gasteiger partial charge >= 0.3 is 5.97 Å². The van der Waals surface area contributed by atoms with Gasteiger partial charge in [0.15, 0.2) is 0 Å². The van der Waals surface area contributed by atoms with Crippen LogP contribution >= 0.6 is 0 Å². The van der Waals surface area contributed by atoms with Crippen LogP contribution in [0.4, 0.5) is 4.39 Å². The summed E-state index contributed by atoms with van der Waals surface area (Å²) < 4.78 is 13.2. The number of carboxylic acid groups (broad SMARTS) is 1. The van der Waals surface area contributed by atoms with Gasteiger partial charge in [-0.25, -0.2) is 9.18 Å². The Bertz CT molecular complexity index is 617. The van der Waals surface area contributed by atoms with E-state index in [2.05, 4.69) is 9.88 Å². The number of aromatic nitrogens is 1. The number of nitrogens with zero attached hydrogens (tertiary/aromatic N) is 2. The first-order valence-electron chi connectivity index (χ1n) is 6.74. The van der Waals surface area contributed by atoms with Crippen molar-refractivity contribution in [3.63, 3.8) is 0 Å². The van der Waals surface area contributed by atoms with Crippen molar-refractivity contribution in [3.8, 4) is 0 Å². The van der Waals surface area contributed by atoms with Gasteiger partial charge in [-0.15, -0.1) is 0 Å². The molecule has 110 valence electrons. The third kappa shape index (κ3) is 4.10. The van der Waals surface area contributed by atoms with Crippen LogP contribution in [0.2, 0.25) is 0 Å². The summed E-state index contributed by atoms with van der Waals surface area (Å²) in [4.78, 5) is 17.5. The summed E-state index contributed by atoms with van der Waals surface area (Å²) >= 11 is 0. The van der Waals surface area contributed by atoms with Gasteiger partial charge in [0.05, 0.1) is 11.3 Å². The second-order valence-electron chi connectivity index (χ2n) is 4.73. The van der Waals surface area contributed by atoms with Crippen molar-refractivity contribution < 1.29 is 14.3 Å². The number of aromatic carboxylic acids is 1. The lowest BCUT2D eigenvalue weighted by molar-refractivity contribution is 0.0693. The maximum absolute atomic E-state index is 13.2. The molecule has 0 amide bonds. The average Bonchev–Trinajstić information content (AvgIpc) is 2.49. The van der Waals surface area contributed by atoms with E-state index in [1.807, 2.05) is 25.1 Å². The van der Waals surface area contributed by atoms with Crippen LogP contribution < -0.4 is 0 Å². The predicted molar refractivity (Wildman–Crippen MR) is 77.4 cm³/mol. The fourth-order valence-corrected chi connectivity index (χ4v) is 2.13. The van der Waals surface area contributed by atoms with Crippen LogP contribution in [-0.4, -0.2) is 27.5 Å². The van der Waals surface area contributed by atoms with Gasteiger partial charge in [-0.3, -0.25) is 9.88 Å². The zero-order valence-electron chi connectivity index (χ0n) is 11.8. The van der Waals surface area contributed by atoms with Crippen molar-refractivity contribution >= 4 is 5.97 Å². The highest BCUT2D eigenvalue weighted by Gasteiger charge is 2.14. The molecule has 0 fully saturated rings. The second kappa shape index (κ2) is 6.95. The van der Waals surface area contributed by atoms with E-state index in [4.69, 9.17) is 5.11 Å². The van der Waals surface area contributed by atoms with Crippen LogP contribution in [-0.2, 0) is 13.1 Å². The van der Waals surface area contributed by atoms with Crippen LogP contribution in [0, 0.1) is 5.82 Å². The number of rotatable bonds is 6. The van der Waals surface area contributed by atoms with Gasteiger partial charge in [0.1, 0.15) is 5.82 Å². The molecular formula is C16H17FN2O2. The summed E-state index contributed by atoms with van der Waals surface area (Å²) in [6.07, 6.45) is 1.73. The molecule has 0 atom stereocenters. The van der Waals surface area contributed by atoms with Gasteiger partial charge in [0.25, 0.3) is 0 Å². The van der Waals surface area contributed by atoms with E-state index in [0.717, 1.165) is 18.3 Å². The molecule has 0 spiro atoms. The van der Waals surface area contributed by atoms with Crippen molar-refractivity contribution in [2.45, 2.75) is 20.0 Å². The molecule has 0 bridgehead atoms. The third-order valence-electron chi connectivity index (χ3n) is 3.26. The number of hydrogen-bond acceptors (Lipinski definition) is 3. The normalized spacial score (nSPS) is 10.8. The number of halogens is 1. The minimum absolute atomic E-state index is 0.00877. The highest BCUT2D eigenvalue weighted by Crippen LogP contribution is 2.15. The molecule has 0 aliphatic rings. The number of hydrogen-bond donors (Lipinski definition) is 1. The van der Waals surface area contributed by atoms with Gasteiger partial charge in [-0.1, -0.05) is 19.1 Å². The van der Waals surface area contributed by atoms with E-state index in [1.165, 1.54) is 12.1 Å². The average molecular weight is 288 g/mol. The zero-order valence-corrected chi connectivity index (χ0v) is 11.8. The maximum atomic E-state index is 13.2. The minimum Gasteiger partial charge on any atom is -0.478 e. The Morgan fingerprint density at radius 2 is 2.10 bits per heavy atom. The summed E-state index contributed by atoms with van der Waals surface area (Å²) in [7, 11) is 0. The Morgan fingerprint density at radius 3 is 2.71 bits per heavy atom. The van der Waals surface area contributed by atoms with E-state index in [-0.39, 0.29) is 5.56 Å². The van der Waals surface area contributed by atoms with E-state index >= 15 is 0 Å². The fraction of sp³-hybridized carbons (Fsp3) is 0.250. The van der Waals surface area contributed by atoms with Gasteiger partial charge in [0.2, 0.25) is 0 Å². The minimum atomic E-state index is -1.11. The standard InChI is InChI=1S/C16H17FN2O2/c1-2-19(11-14-5-3-4-8-18-14)10-12-6-7-13(17)9-15(12)16(20)21/h3-9H,2,10-11H2,1H3,(H,20,21). The van der Waals surface area contributed by atoms with Crippen molar-refractivity contribution in [1.29, 1.82) is 0 Å². The van der Waals surface area contributed by atoms with Gasteiger partial charge in [0, 0.05) is 19.3 Å². The third-order valence-corrected chi connectivity index (χ3v) is 3.26. The van der Waals surface area contributed by atoms with Crippen LogP contribution in [0.25, 0.3) is 0 Å². The summed E-state index contributed by atoms with van der Waals surface area (Å²) in [5, 5.41) is 9.17. The Hall–Kier alpha value is -2.27. The van der Waals surface area contributed by atoms with E-state index < -0.39 is 11.8 Å². The first kappa shape index (κ1) is 15.1. The second-order valence-corrected chi connectivity index (χ2v) is 4.73. The lowest BCUT2D eigenvalue weighted by Crippen LogP contribution is -2.24. The summed E-state index contributed by atoms with van der Waals surface area (Å²) in [5.74, 6) is -1.65. The van der Waals surface area contributed by atoms with Crippen molar-refractivity contribution in [1.82, 2.24) is 9.88 Å². The Morgan fingerprint density at radius 1 is 1.29 bits per heavy atom. The topological polar surface area (TPSA) is 53.4 Å². The number of carboxylic acids is 1. The predicted octanol–water partition coefficient (Wildman–Crippen LogP) is 2.94. The van der Waals surface area contributed by atoms with Crippen LogP contribution in [0.3, 0.4) is 0 Å². The molecule has 0 unspecified atom stereocenters. The van der Waals surface area contributed by atoms with E-state index in [1.54, 1.807) is 6.20 Å². The lowest BCUT2D eigenvalue weighted by atomic mass is 10.1. The maximum Gasteiger partial charge on any atom is 0.336 e. The van der Waals surface area contributed by atoms with Crippen molar-refractivity contribution in [3.05, 3.63) is 65.2 Å². The molecule has 1 aromatic carbocycles.